The number of rotatable bonds is 4. The van der Waals surface area contributed by atoms with Crippen LogP contribution in [0.5, 0.6) is 0 Å². The number of halogens is 5. The van der Waals surface area contributed by atoms with Gasteiger partial charge in [0, 0.05) is 6.04 Å². The van der Waals surface area contributed by atoms with E-state index in [9.17, 15) is 26.0 Å². The van der Waals surface area contributed by atoms with Crippen LogP contribution in [0.15, 0.2) is 23.1 Å². The number of nitrogens with two attached hydrogens (primary N) is 1. The maximum absolute atomic E-state index is 13.3. The Kier molecular flexibility index (Phi) is 7.04. The Labute approximate surface area is 144 Å². The summed E-state index contributed by atoms with van der Waals surface area (Å²) >= 11 is 0. The minimum absolute atomic E-state index is 0. The molecule has 1 aromatic carbocycles. The topological polar surface area (TPSA) is 72.2 Å². The van der Waals surface area contributed by atoms with Crippen LogP contribution in [0.4, 0.5) is 17.6 Å². The summed E-state index contributed by atoms with van der Waals surface area (Å²) in [5.74, 6) is -1.56. The Morgan fingerprint density at radius 1 is 1.21 bits per heavy atom. The normalized spacial score (nSPS) is 22.0. The first-order valence-electron chi connectivity index (χ1n) is 7.24. The summed E-state index contributed by atoms with van der Waals surface area (Å²) in [7, 11) is -4.17. The third kappa shape index (κ3) is 4.81. The van der Waals surface area contributed by atoms with Gasteiger partial charge in [-0.3, -0.25) is 0 Å². The Balaban J connectivity index is 0.00000288. The average molecular weight is 391 g/mol. The molecule has 0 aromatic heterocycles. The van der Waals surface area contributed by atoms with Gasteiger partial charge in [-0.15, -0.1) is 12.4 Å². The van der Waals surface area contributed by atoms with E-state index in [1.807, 2.05) is 0 Å². The molecule has 24 heavy (non-hydrogen) atoms. The SMILES string of the molecule is Cl.NCC1CCCCC1NS(=O)(=O)c1ccc(F)c(C(F)(F)F)c1. The summed E-state index contributed by atoms with van der Waals surface area (Å²) in [5, 5.41) is 0. The third-order valence-corrected chi connectivity index (χ3v) is 5.56. The largest absolute Gasteiger partial charge is 0.419 e. The average Bonchev–Trinajstić information content (AvgIpc) is 2.46. The molecule has 1 aliphatic carbocycles. The number of hydrogen-bond acceptors (Lipinski definition) is 3. The van der Waals surface area contributed by atoms with Crippen molar-refractivity contribution in [1.82, 2.24) is 4.72 Å². The molecule has 10 heteroatoms. The number of hydrogen-bond donors (Lipinski definition) is 2. The highest BCUT2D eigenvalue weighted by molar-refractivity contribution is 7.89. The van der Waals surface area contributed by atoms with Crippen molar-refractivity contribution in [3.05, 3.63) is 29.6 Å². The predicted molar refractivity (Wildman–Crippen MR) is 83.8 cm³/mol. The number of nitrogens with one attached hydrogen (secondary N) is 1. The van der Waals surface area contributed by atoms with Crippen molar-refractivity contribution in [3.63, 3.8) is 0 Å². The molecule has 1 aromatic rings. The molecule has 3 N–H and O–H groups in total. The zero-order chi connectivity index (χ0) is 17.3. The van der Waals surface area contributed by atoms with E-state index in [4.69, 9.17) is 5.73 Å². The van der Waals surface area contributed by atoms with Gasteiger partial charge in [-0.25, -0.2) is 17.5 Å². The molecule has 1 saturated carbocycles. The molecule has 2 atom stereocenters. The van der Waals surface area contributed by atoms with Gasteiger partial charge in [0.2, 0.25) is 10.0 Å². The maximum Gasteiger partial charge on any atom is 0.419 e. The van der Waals surface area contributed by atoms with Gasteiger partial charge in [-0.2, -0.15) is 13.2 Å². The molecule has 0 amide bonds. The lowest BCUT2D eigenvalue weighted by atomic mass is 9.85. The number of sulfonamides is 1. The lowest BCUT2D eigenvalue weighted by molar-refractivity contribution is -0.140. The van der Waals surface area contributed by atoms with Crippen molar-refractivity contribution in [3.8, 4) is 0 Å². The fourth-order valence-corrected chi connectivity index (χ4v) is 4.17. The molecule has 0 heterocycles. The van der Waals surface area contributed by atoms with Crippen molar-refractivity contribution in [2.45, 2.75) is 42.8 Å². The summed E-state index contributed by atoms with van der Waals surface area (Å²) in [6, 6.07) is 1.24. The minimum Gasteiger partial charge on any atom is -0.330 e. The fraction of sp³-hybridized carbons (Fsp3) is 0.571. The van der Waals surface area contributed by atoms with Crippen molar-refractivity contribution in [2.75, 3.05) is 6.54 Å². The van der Waals surface area contributed by atoms with Gasteiger partial charge < -0.3 is 5.73 Å². The Bertz CT molecular complexity index is 667. The van der Waals surface area contributed by atoms with Gasteiger partial charge in [-0.05, 0) is 43.5 Å². The minimum atomic E-state index is -4.96. The maximum atomic E-state index is 13.3. The Morgan fingerprint density at radius 2 is 1.83 bits per heavy atom. The van der Waals surface area contributed by atoms with Gasteiger partial charge in [0.25, 0.3) is 0 Å². The van der Waals surface area contributed by atoms with Crippen molar-refractivity contribution in [1.29, 1.82) is 0 Å². The van der Waals surface area contributed by atoms with Crippen LogP contribution in [-0.4, -0.2) is 21.0 Å². The van der Waals surface area contributed by atoms with Gasteiger partial charge in [-0.1, -0.05) is 12.8 Å². The van der Waals surface area contributed by atoms with E-state index in [2.05, 4.69) is 4.72 Å². The van der Waals surface area contributed by atoms with Crippen LogP contribution in [0.25, 0.3) is 0 Å². The molecule has 0 saturated heterocycles. The van der Waals surface area contributed by atoms with Crippen LogP contribution in [0.1, 0.15) is 31.2 Å². The van der Waals surface area contributed by atoms with Gasteiger partial charge >= 0.3 is 6.18 Å². The second-order valence-electron chi connectivity index (χ2n) is 5.65. The third-order valence-electron chi connectivity index (χ3n) is 4.07. The molecule has 1 aliphatic rings. The first kappa shape index (κ1) is 21.1. The second kappa shape index (κ2) is 7.99. The van der Waals surface area contributed by atoms with Crippen molar-refractivity contribution in [2.24, 2.45) is 11.7 Å². The van der Waals surface area contributed by atoms with Crippen LogP contribution in [0.2, 0.25) is 0 Å². The van der Waals surface area contributed by atoms with Crippen LogP contribution in [0.3, 0.4) is 0 Å². The zero-order valence-electron chi connectivity index (χ0n) is 12.6. The summed E-state index contributed by atoms with van der Waals surface area (Å²) < 4.78 is 78.5. The lowest BCUT2D eigenvalue weighted by Gasteiger charge is -2.31. The first-order chi connectivity index (χ1) is 10.6. The number of alkyl halides is 3. The van der Waals surface area contributed by atoms with Gasteiger partial charge in [0.05, 0.1) is 10.5 Å². The second-order valence-corrected chi connectivity index (χ2v) is 7.36. The summed E-state index contributed by atoms with van der Waals surface area (Å²) in [5.41, 5.74) is 4.02. The first-order valence-corrected chi connectivity index (χ1v) is 8.72. The highest BCUT2D eigenvalue weighted by atomic mass is 35.5. The Hall–Kier alpha value is -0.900. The molecule has 4 nitrogen and oxygen atoms in total. The Morgan fingerprint density at radius 3 is 2.42 bits per heavy atom. The van der Waals surface area contributed by atoms with Crippen molar-refractivity contribution >= 4 is 22.4 Å². The standard InChI is InChI=1S/C14H18F4N2O2S.ClH/c15-12-6-5-10(7-11(12)14(16,17)18)23(21,22)20-13-4-2-1-3-9(13)8-19;/h5-7,9,13,20H,1-4,8,19H2;1H. The monoisotopic (exact) mass is 390 g/mol. The molecule has 138 valence electrons. The molecule has 0 aliphatic heterocycles. The van der Waals surface area contributed by atoms with E-state index >= 15 is 0 Å². The summed E-state index contributed by atoms with van der Waals surface area (Å²) in [6.45, 7) is 0.296. The van der Waals surface area contributed by atoms with Gasteiger partial charge in [0.1, 0.15) is 5.82 Å². The highest BCUT2D eigenvalue weighted by Crippen LogP contribution is 2.33. The molecule has 0 bridgehead atoms. The highest BCUT2D eigenvalue weighted by Gasteiger charge is 2.36. The van der Waals surface area contributed by atoms with E-state index in [0.717, 1.165) is 25.3 Å². The van der Waals surface area contributed by atoms with Crippen molar-refractivity contribution < 1.29 is 26.0 Å². The van der Waals surface area contributed by atoms with Crippen LogP contribution in [0, 0.1) is 11.7 Å². The lowest BCUT2D eigenvalue weighted by Crippen LogP contribution is -2.44. The summed E-state index contributed by atoms with van der Waals surface area (Å²) in [4.78, 5) is -0.604. The molecule has 0 spiro atoms. The molecule has 2 rings (SSSR count). The van der Waals surface area contributed by atoms with E-state index in [0.29, 0.717) is 25.1 Å². The van der Waals surface area contributed by atoms with E-state index in [1.165, 1.54) is 0 Å². The van der Waals surface area contributed by atoms with E-state index in [1.54, 1.807) is 0 Å². The van der Waals surface area contributed by atoms with E-state index < -0.39 is 38.5 Å². The van der Waals surface area contributed by atoms with Crippen LogP contribution >= 0.6 is 12.4 Å². The fourth-order valence-electron chi connectivity index (χ4n) is 2.80. The van der Waals surface area contributed by atoms with Gasteiger partial charge in [0.15, 0.2) is 0 Å². The molecule has 2 unspecified atom stereocenters. The number of benzene rings is 1. The quantitative estimate of drug-likeness (QED) is 0.776. The van der Waals surface area contributed by atoms with E-state index in [-0.39, 0.29) is 18.3 Å². The molecular weight excluding hydrogens is 372 g/mol. The predicted octanol–water partition coefficient (Wildman–Crippen LogP) is 3.06. The van der Waals surface area contributed by atoms with Crippen LogP contribution in [-0.2, 0) is 16.2 Å². The zero-order valence-corrected chi connectivity index (χ0v) is 14.3. The summed E-state index contributed by atoms with van der Waals surface area (Å²) in [6.07, 6.45) is -1.86. The molecule has 0 radical (unpaired) electrons. The molecule has 1 fully saturated rings. The molecular formula is C14H19ClF4N2O2S. The van der Waals surface area contributed by atoms with Crippen LogP contribution < -0.4 is 10.5 Å². The smallest absolute Gasteiger partial charge is 0.330 e.